The zero-order valence-electron chi connectivity index (χ0n) is 38.3. The molecule has 0 unspecified atom stereocenters. The first kappa shape index (κ1) is 25.7. The maximum absolute atomic E-state index is 11.6. The van der Waals surface area contributed by atoms with Crippen molar-refractivity contribution in [3.8, 4) is 67.5 Å². The van der Waals surface area contributed by atoms with Crippen LogP contribution in [0.25, 0.3) is 72.7 Å². The van der Waals surface area contributed by atoms with Gasteiger partial charge in [0.2, 0.25) is 0 Å². The minimum Gasteiger partial charge on any atom is -0.507 e. The molecule has 0 aliphatic heterocycles. The number of imidazole rings is 1. The van der Waals surface area contributed by atoms with Crippen LogP contribution in [-0.4, -0.2) is 19.6 Å². The van der Waals surface area contributed by atoms with Crippen molar-refractivity contribution in [3.05, 3.63) is 168 Å². The van der Waals surface area contributed by atoms with E-state index in [4.69, 9.17) is 20.9 Å². The van der Waals surface area contributed by atoms with Gasteiger partial charge in [0.1, 0.15) is 11.6 Å². The molecule has 0 saturated heterocycles. The molecule has 2 aromatic heterocycles. The second-order valence-corrected chi connectivity index (χ2v) is 14.5. The van der Waals surface area contributed by atoms with E-state index >= 15 is 0 Å². The van der Waals surface area contributed by atoms with Gasteiger partial charge >= 0.3 is 0 Å². The monoisotopic (exact) mass is 697 g/mol. The van der Waals surface area contributed by atoms with E-state index in [-0.39, 0.29) is 34.4 Å². The van der Waals surface area contributed by atoms with E-state index < -0.39 is 25.0 Å². The van der Waals surface area contributed by atoms with Crippen LogP contribution in [0.4, 0.5) is 0 Å². The van der Waals surface area contributed by atoms with Gasteiger partial charge in [0.15, 0.2) is 0 Å². The Labute approximate surface area is 323 Å². The molecular formula is C49H43N3O. The predicted octanol–water partition coefficient (Wildman–Crippen LogP) is 12.7. The fourth-order valence-electron chi connectivity index (χ4n) is 6.93. The highest BCUT2D eigenvalue weighted by Crippen LogP contribution is 2.41. The van der Waals surface area contributed by atoms with Crippen LogP contribution in [0.3, 0.4) is 0 Å². The Morgan fingerprint density at radius 1 is 0.660 bits per heavy atom. The number of aryl methyl sites for hydroxylation is 3. The molecule has 2 heterocycles. The number of hydrogen-bond acceptors (Lipinski definition) is 3. The molecule has 4 heteroatoms. The fourth-order valence-corrected chi connectivity index (χ4v) is 6.93. The standard InChI is InChI=1S/C49H43N3O/c1-31-24-33(3)47(53)42(25-31)48-51-46-41(18-13-19-45(46)52(48)44-21-20-36(26-32(44)2)34-14-9-7-10-15-34)38-27-39(29-40(28-38)49(4,5)6)43-30-37(22-23-50-43)35-16-11-8-12-17-35/h7-30,53H,1-6H3/i2D3,8D,11D,12D,16D,17D. The Kier molecular flexibility index (Phi) is 6.47. The third-order valence-electron chi connectivity index (χ3n) is 9.67. The van der Waals surface area contributed by atoms with Gasteiger partial charge in [0.25, 0.3) is 0 Å². The van der Waals surface area contributed by atoms with Crippen molar-refractivity contribution in [2.45, 2.75) is 46.9 Å². The summed E-state index contributed by atoms with van der Waals surface area (Å²) in [6.45, 7) is 7.58. The number of para-hydroxylation sites is 1. The molecule has 0 spiro atoms. The molecular weight excluding hydrogens is 647 g/mol. The SMILES string of the molecule is [2H]c1c([2H])c([2H])c(-c2ccnc(-c3cc(-c4cccc5c4nc(-c4cc(C)cc(C)c4O)n5-c4ccc(-c5ccccc5)cc4C([2H])([2H])[2H])cc(C(C)(C)C)c3)c2)c([2H])c1[2H]. The van der Waals surface area contributed by atoms with Crippen LogP contribution in [0, 0.1) is 20.7 Å². The summed E-state index contributed by atoms with van der Waals surface area (Å²) in [5, 5.41) is 11.6. The van der Waals surface area contributed by atoms with Crippen molar-refractivity contribution < 1.29 is 16.1 Å². The molecule has 0 saturated carbocycles. The maximum atomic E-state index is 11.6. The summed E-state index contributed by atoms with van der Waals surface area (Å²) >= 11 is 0. The van der Waals surface area contributed by atoms with Gasteiger partial charge in [0.05, 0.1) is 34.8 Å². The van der Waals surface area contributed by atoms with E-state index in [1.807, 2.05) is 103 Å². The summed E-state index contributed by atoms with van der Waals surface area (Å²) in [5.74, 6) is 0.423. The number of hydrogen-bond donors (Lipinski definition) is 1. The number of rotatable bonds is 6. The number of pyridine rings is 1. The lowest BCUT2D eigenvalue weighted by Crippen LogP contribution is -2.11. The van der Waals surface area contributed by atoms with E-state index in [0.717, 1.165) is 38.9 Å². The van der Waals surface area contributed by atoms with Crippen LogP contribution in [0.2, 0.25) is 0 Å². The second-order valence-electron chi connectivity index (χ2n) is 14.5. The van der Waals surface area contributed by atoms with Crippen LogP contribution in [-0.2, 0) is 5.41 Å². The molecule has 0 bridgehead atoms. The minimum absolute atomic E-state index is 0.0436. The molecule has 0 aliphatic carbocycles. The first-order valence-corrected chi connectivity index (χ1v) is 17.6. The smallest absolute Gasteiger partial charge is 0.149 e. The Hall–Kier alpha value is -6.26. The van der Waals surface area contributed by atoms with Crippen LogP contribution in [0.15, 0.2) is 146 Å². The number of benzene rings is 6. The largest absolute Gasteiger partial charge is 0.507 e. The predicted molar refractivity (Wildman–Crippen MR) is 221 cm³/mol. The van der Waals surface area contributed by atoms with E-state index in [0.29, 0.717) is 44.9 Å². The molecule has 6 aromatic carbocycles. The zero-order chi connectivity index (χ0) is 43.7. The number of phenols is 1. The molecule has 0 aliphatic rings. The van der Waals surface area contributed by atoms with E-state index in [1.165, 1.54) is 0 Å². The van der Waals surface area contributed by atoms with Gasteiger partial charge in [-0.3, -0.25) is 9.55 Å². The Morgan fingerprint density at radius 3 is 2.21 bits per heavy atom. The molecule has 4 nitrogen and oxygen atoms in total. The molecule has 1 N–H and O–H groups in total. The van der Waals surface area contributed by atoms with Gasteiger partial charge < -0.3 is 5.11 Å². The third kappa shape index (κ3) is 6.42. The second kappa shape index (κ2) is 13.4. The Balaban J connectivity index is 1.40. The van der Waals surface area contributed by atoms with Crippen molar-refractivity contribution in [1.29, 1.82) is 0 Å². The van der Waals surface area contributed by atoms with E-state index in [1.54, 1.807) is 24.4 Å². The highest BCUT2D eigenvalue weighted by Gasteiger charge is 2.23. The van der Waals surface area contributed by atoms with Gasteiger partial charge in [-0.25, -0.2) is 4.98 Å². The van der Waals surface area contributed by atoms with Crippen LogP contribution in [0.5, 0.6) is 5.75 Å². The number of aromatic hydroxyl groups is 1. The lowest BCUT2D eigenvalue weighted by molar-refractivity contribution is 0.472. The number of nitrogens with zero attached hydrogens (tertiary/aromatic N) is 3. The van der Waals surface area contributed by atoms with Gasteiger partial charge in [-0.2, -0.15) is 0 Å². The topological polar surface area (TPSA) is 50.9 Å². The van der Waals surface area contributed by atoms with Crippen LogP contribution < -0.4 is 0 Å². The van der Waals surface area contributed by atoms with Gasteiger partial charge in [-0.15, -0.1) is 0 Å². The van der Waals surface area contributed by atoms with Gasteiger partial charge in [-0.05, 0) is 125 Å². The van der Waals surface area contributed by atoms with Crippen LogP contribution >= 0.6 is 0 Å². The first-order chi connectivity index (χ1) is 28.8. The summed E-state index contributed by atoms with van der Waals surface area (Å²) in [6, 6.07) is 32.3. The third-order valence-corrected chi connectivity index (χ3v) is 9.67. The first-order valence-electron chi connectivity index (χ1n) is 21.6. The van der Waals surface area contributed by atoms with Crippen molar-refractivity contribution in [1.82, 2.24) is 14.5 Å². The minimum atomic E-state index is -2.51. The normalized spacial score (nSPS) is 14.1. The molecule has 8 rings (SSSR count). The van der Waals surface area contributed by atoms with Gasteiger partial charge in [0, 0.05) is 21.4 Å². The molecule has 0 radical (unpaired) electrons. The van der Waals surface area contributed by atoms with E-state index in [2.05, 4.69) is 26.8 Å². The van der Waals surface area contributed by atoms with Crippen molar-refractivity contribution in [2.75, 3.05) is 0 Å². The fraction of sp³-hybridized carbons (Fsp3) is 0.143. The summed E-state index contributed by atoms with van der Waals surface area (Å²) in [6.07, 6.45) is 1.57. The molecule has 0 fully saturated rings. The molecule has 260 valence electrons. The number of fused-ring (bicyclic) bond motifs is 1. The summed E-state index contributed by atoms with van der Waals surface area (Å²) in [4.78, 5) is 9.99. The van der Waals surface area contributed by atoms with Crippen molar-refractivity contribution in [3.63, 3.8) is 0 Å². The summed E-state index contributed by atoms with van der Waals surface area (Å²) < 4.78 is 69.9. The molecule has 8 aromatic rings. The maximum Gasteiger partial charge on any atom is 0.149 e. The van der Waals surface area contributed by atoms with Crippen molar-refractivity contribution >= 4 is 11.0 Å². The van der Waals surface area contributed by atoms with Crippen LogP contribution in [0.1, 0.15) is 54.0 Å². The lowest BCUT2D eigenvalue weighted by atomic mass is 9.83. The average molecular weight is 698 g/mol. The quantitative estimate of drug-likeness (QED) is 0.188. The zero-order valence-corrected chi connectivity index (χ0v) is 30.3. The highest BCUT2D eigenvalue weighted by atomic mass is 16.3. The summed E-state index contributed by atoms with van der Waals surface area (Å²) in [7, 11) is 0. The van der Waals surface area contributed by atoms with Crippen molar-refractivity contribution in [2.24, 2.45) is 0 Å². The lowest BCUT2D eigenvalue weighted by Gasteiger charge is -2.22. The molecule has 0 atom stereocenters. The van der Waals surface area contributed by atoms with Gasteiger partial charge in [-0.1, -0.05) is 112 Å². The Morgan fingerprint density at radius 2 is 1.43 bits per heavy atom. The number of aromatic nitrogens is 3. The molecule has 0 amide bonds. The Bertz CT molecular complexity index is 3010. The number of phenolic OH excluding ortho intramolecular Hbond substituents is 1. The average Bonchev–Trinajstić information content (AvgIpc) is 3.62. The van der Waals surface area contributed by atoms with E-state index in [9.17, 15) is 5.11 Å². The highest BCUT2D eigenvalue weighted by molar-refractivity contribution is 5.97. The summed E-state index contributed by atoms with van der Waals surface area (Å²) in [5.41, 5.74) is 9.43. The molecule has 53 heavy (non-hydrogen) atoms.